The van der Waals surface area contributed by atoms with Crippen molar-refractivity contribution >= 4 is 33.3 Å². The van der Waals surface area contributed by atoms with Crippen LogP contribution in [0.4, 0.5) is 20.6 Å². The molecule has 0 unspecified atom stereocenters. The molecule has 0 saturated heterocycles. The van der Waals surface area contributed by atoms with E-state index in [9.17, 15) is 22.4 Å². The fraction of sp³-hybridized carbons (Fsp3) is 0.286. The van der Waals surface area contributed by atoms with Gasteiger partial charge in [-0.05, 0) is 86.7 Å². The van der Waals surface area contributed by atoms with Crippen LogP contribution >= 0.6 is 0 Å². The van der Waals surface area contributed by atoms with Gasteiger partial charge >= 0.3 is 6.03 Å². The van der Waals surface area contributed by atoms with Gasteiger partial charge in [0.2, 0.25) is 15.9 Å². The summed E-state index contributed by atoms with van der Waals surface area (Å²) in [5.41, 5.74) is 1.92. The molecule has 3 aromatic rings. The summed E-state index contributed by atoms with van der Waals surface area (Å²) in [7, 11) is -3.76. The Morgan fingerprint density at radius 1 is 0.816 bits per heavy atom. The SMILES string of the molecule is C[C@@H](NC(=O)[C@H]1CC[C@H](NS(=O)(=O)c2ccc(NC(=O)Nc3ccccc3)cc2)CC1)c1ccc(F)cc1. The molecule has 0 heterocycles. The topological polar surface area (TPSA) is 116 Å². The second-order valence-electron chi connectivity index (χ2n) is 9.42. The molecule has 3 amide bonds. The molecule has 0 bridgehead atoms. The zero-order valence-corrected chi connectivity index (χ0v) is 21.8. The Morgan fingerprint density at radius 3 is 2.00 bits per heavy atom. The van der Waals surface area contributed by atoms with E-state index in [4.69, 9.17) is 0 Å². The van der Waals surface area contributed by atoms with E-state index in [1.54, 1.807) is 36.4 Å². The van der Waals surface area contributed by atoms with E-state index in [0.717, 1.165) is 5.56 Å². The molecule has 1 fully saturated rings. The lowest BCUT2D eigenvalue weighted by Gasteiger charge is -2.29. The van der Waals surface area contributed by atoms with Crippen LogP contribution in [0.2, 0.25) is 0 Å². The number of nitrogens with one attached hydrogen (secondary N) is 4. The minimum atomic E-state index is -3.76. The molecule has 0 aromatic heterocycles. The smallest absolute Gasteiger partial charge is 0.323 e. The molecule has 0 aliphatic heterocycles. The number of hydrogen-bond donors (Lipinski definition) is 4. The minimum Gasteiger partial charge on any atom is -0.349 e. The van der Waals surface area contributed by atoms with Gasteiger partial charge in [-0.3, -0.25) is 4.79 Å². The van der Waals surface area contributed by atoms with Crippen molar-refractivity contribution in [3.05, 3.63) is 90.2 Å². The molecule has 38 heavy (non-hydrogen) atoms. The molecular formula is C28H31FN4O4S. The number of carbonyl (C=O) groups is 2. The quantitative estimate of drug-likeness (QED) is 0.316. The second-order valence-corrected chi connectivity index (χ2v) is 11.1. The lowest BCUT2D eigenvalue weighted by atomic mass is 9.85. The third kappa shape index (κ3) is 7.39. The Bertz CT molecular complexity index is 1340. The monoisotopic (exact) mass is 538 g/mol. The average molecular weight is 539 g/mol. The van der Waals surface area contributed by atoms with Crippen molar-refractivity contribution in [2.24, 2.45) is 5.92 Å². The summed E-state index contributed by atoms with van der Waals surface area (Å²) < 4.78 is 41.7. The molecule has 200 valence electrons. The van der Waals surface area contributed by atoms with Gasteiger partial charge in [-0.1, -0.05) is 30.3 Å². The minimum absolute atomic E-state index is 0.0810. The number of carbonyl (C=O) groups excluding carboxylic acids is 2. The van der Waals surface area contributed by atoms with E-state index in [1.807, 2.05) is 13.0 Å². The summed E-state index contributed by atoms with van der Waals surface area (Å²) in [6, 6.07) is 20.0. The Kier molecular flexibility index (Phi) is 8.75. The van der Waals surface area contributed by atoms with Crippen LogP contribution in [0.5, 0.6) is 0 Å². The van der Waals surface area contributed by atoms with Crippen molar-refractivity contribution in [2.45, 2.75) is 49.6 Å². The molecule has 0 spiro atoms. The number of amides is 3. The largest absolute Gasteiger partial charge is 0.349 e. The van der Waals surface area contributed by atoms with Gasteiger partial charge in [0.15, 0.2) is 0 Å². The zero-order chi connectivity index (χ0) is 27.1. The maximum Gasteiger partial charge on any atom is 0.323 e. The molecule has 4 N–H and O–H groups in total. The van der Waals surface area contributed by atoms with Crippen molar-refractivity contribution in [1.29, 1.82) is 0 Å². The number of sulfonamides is 1. The van der Waals surface area contributed by atoms with Crippen LogP contribution in [-0.4, -0.2) is 26.4 Å². The summed E-state index contributed by atoms with van der Waals surface area (Å²) in [4.78, 5) is 25.0. The fourth-order valence-corrected chi connectivity index (χ4v) is 5.76. The van der Waals surface area contributed by atoms with Crippen LogP contribution < -0.4 is 20.7 Å². The molecular weight excluding hydrogens is 507 g/mol. The van der Waals surface area contributed by atoms with E-state index in [-0.39, 0.29) is 34.6 Å². The molecule has 1 saturated carbocycles. The normalized spacial score (nSPS) is 18.3. The second kappa shape index (κ2) is 12.2. The number of anilines is 2. The van der Waals surface area contributed by atoms with Gasteiger partial charge in [-0.25, -0.2) is 22.3 Å². The average Bonchev–Trinajstić information content (AvgIpc) is 2.90. The number of para-hydroxylation sites is 1. The van der Waals surface area contributed by atoms with E-state index in [1.165, 1.54) is 36.4 Å². The van der Waals surface area contributed by atoms with Crippen LogP contribution in [0.3, 0.4) is 0 Å². The first-order valence-electron chi connectivity index (χ1n) is 12.5. The van der Waals surface area contributed by atoms with E-state index in [2.05, 4.69) is 20.7 Å². The van der Waals surface area contributed by atoms with Crippen molar-refractivity contribution in [3.8, 4) is 0 Å². The summed E-state index contributed by atoms with van der Waals surface area (Å²) in [5, 5.41) is 8.34. The molecule has 10 heteroatoms. The molecule has 0 radical (unpaired) electrons. The van der Waals surface area contributed by atoms with Gasteiger partial charge in [-0.2, -0.15) is 0 Å². The third-order valence-electron chi connectivity index (χ3n) is 6.60. The predicted octanol–water partition coefficient (Wildman–Crippen LogP) is 5.18. The number of hydrogen-bond acceptors (Lipinski definition) is 4. The lowest BCUT2D eigenvalue weighted by molar-refractivity contribution is -0.126. The maximum atomic E-state index is 13.1. The van der Waals surface area contributed by atoms with Crippen molar-refractivity contribution < 1.29 is 22.4 Å². The van der Waals surface area contributed by atoms with Crippen molar-refractivity contribution in [2.75, 3.05) is 10.6 Å². The van der Waals surface area contributed by atoms with Gasteiger partial charge in [-0.15, -0.1) is 0 Å². The molecule has 8 nitrogen and oxygen atoms in total. The Labute approximate surface area is 222 Å². The predicted molar refractivity (Wildman–Crippen MR) is 145 cm³/mol. The maximum absolute atomic E-state index is 13.1. The summed E-state index contributed by atoms with van der Waals surface area (Å²) in [5.74, 6) is -0.611. The highest BCUT2D eigenvalue weighted by Gasteiger charge is 2.29. The highest BCUT2D eigenvalue weighted by atomic mass is 32.2. The summed E-state index contributed by atoms with van der Waals surface area (Å²) in [6.45, 7) is 1.85. The first-order chi connectivity index (χ1) is 18.2. The lowest BCUT2D eigenvalue weighted by Crippen LogP contribution is -2.41. The molecule has 1 atom stereocenters. The molecule has 3 aromatic carbocycles. The number of urea groups is 1. The number of halogens is 1. The van der Waals surface area contributed by atoms with Gasteiger partial charge < -0.3 is 16.0 Å². The first-order valence-corrected chi connectivity index (χ1v) is 14.0. The van der Waals surface area contributed by atoms with Gasteiger partial charge in [0.05, 0.1) is 10.9 Å². The Morgan fingerprint density at radius 2 is 1.39 bits per heavy atom. The fourth-order valence-electron chi connectivity index (χ4n) is 4.46. The van der Waals surface area contributed by atoms with Crippen LogP contribution in [-0.2, 0) is 14.8 Å². The van der Waals surface area contributed by atoms with Gasteiger partial charge in [0.1, 0.15) is 5.82 Å². The standard InChI is InChI=1S/C28H31FN4O4S/c1-19(20-7-11-22(29)12-8-20)30-27(34)21-9-13-25(14-10-21)33-38(36,37)26-17-15-24(16-18-26)32-28(35)31-23-5-3-2-4-6-23/h2-8,11-12,15-19,21,25,33H,9-10,13-14H2,1H3,(H,30,34)(H2,31,32,35)/t19-,21-,25-/m1/s1. The van der Waals surface area contributed by atoms with Gasteiger partial charge in [0, 0.05) is 23.3 Å². The van der Waals surface area contributed by atoms with Crippen molar-refractivity contribution in [3.63, 3.8) is 0 Å². The summed E-state index contributed by atoms with van der Waals surface area (Å²) >= 11 is 0. The highest BCUT2D eigenvalue weighted by molar-refractivity contribution is 7.89. The van der Waals surface area contributed by atoms with Crippen LogP contribution in [0.25, 0.3) is 0 Å². The van der Waals surface area contributed by atoms with E-state index >= 15 is 0 Å². The highest BCUT2D eigenvalue weighted by Crippen LogP contribution is 2.27. The molecule has 1 aliphatic rings. The third-order valence-corrected chi connectivity index (χ3v) is 8.14. The Balaban J connectivity index is 1.25. The van der Waals surface area contributed by atoms with Crippen LogP contribution in [0.15, 0.2) is 83.8 Å². The molecule has 4 rings (SSSR count). The zero-order valence-electron chi connectivity index (χ0n) is 21.0. The number of benzene rings is 3. The van der Waals surface area contributed by atoms with Crippen LogP contribution in [0.1, 0.15) is 44.2 Å². The molecule has 1 aliphatic carbocycles. The Hall–Kier alpha value is -3.76. The van der Waals surface area contributed by atoms with E-state index in [0.29, 0.717) is 37.1 Å². The summed E-state index contributed by atoms with van der Waals surface area (Å²) in [6.07, 6.45) is 2.21. The van der Waals surface area contributed by atoms with Crippen molar-refractivity contribution in [1.82, 2.24) is 10.0 Å². The van der Waals surface area contributed by atoms with E-state index < -0.39 is 16.1 Å². The number of rotatable bonds is 8. The first kappa shape index (κ1) is 27.3. The van der Waals surface area contributed by atoms with Gasteiger partial charge in [0.25, 0.3) is 0 Å². The van der Waals surface area contributed by atoms with Crippen LogP contribution in [0, 0.1) is 11.7 Å².